The monoisotopic (exact) mass is 377 g/mol. The average Bonchev–Trinajstić information content (AvgIpc) is 2.80. The number of nitrogens with two attached hydrogens (primary N) is 1. The van der Waals surface area contributed by atoms with E-state index in [2.05, 4.69) is 30.5 Å². The van der Waals surface area contributed by atoms with Crippen LogP contribution in [0.3, 0.4) is 0 Å². The molecule has 8 heteroatoms. The Balaban J connectivity index is 0.00000264. The number of nitrogens with one attached hydrogen (secondary N) is 1. The van der Waals surface area contributed by atoms with Crippen LogP contribution in [-0.2, 0) is 15.4 Å². The van der Waals surface area contributed by atoms with Crippen molar-refractivity contribution < 1.29 is 8.42 Å². The maximum absolute atomic E-state index is 12.3. The Kier molecular flexibility index (Phi) is 6.57. The van der Waals surface area contributed by atoms with Crippen molar-refractivity contribution in [2.75, 3.05) is 6.54 Å². The van der Waals surface area contributed by atoms with Gasteiger partial charge in [0, 0.05) is 18.0 Å². The van der Waals surface area contributed by atoms with E-state index in [0.717, 1.165) is 15.2 Å². The zero-order valence-electron chi connectivity index (χ0n) is 13.8. The minimum absolute atomic E-state index is 0. The number of nitrogens with zero attached hydrogens (tertiary/aromatic N) is 1. The number of aromatic nitrogens is 1. The van der Waals surface area contributed by atoms with Gasteiger partial charge in [-0.3, -0.25) is 0 Å². The van der Waals surface area contributed by atoms with Crippen LogP contribution in [0.25, 0.3) is 10.2 Å². The third-order valence-corrected chi connectivity index (χ3v) is 6.11. The summed E-state index contributed by atoms with van der Waals surface area (Å²) in [6.45, 7) is 8.48. The summed E-state index contributed by atoms with van der Waals surface area (Å²) in [5.74, 6) is 0. The molecule has 2 rings (SSSR count). The first-order chi connectivity index (χ1) is 10.1. The molecule has 3 N–H and O–H groups in total. The molecule has 0 aliphatic carbocycles. The van der Waals surface area contributed by atoms with E-state index in [9.17, 15) is 8.42 Å². The molecular weight excluding hydrogens is 354 g/mol. The fourth-order valence-corrected chi connectivity index (χ4v) is 4.11. The Bertz CT molecular complexity index is 765. The van der Waals surface area contributed by atoms with Gasteiger partial charge >= 0.3 is 0 Å². The number of rotatable bonds is 5. The van der Waals surface area contributed by atoms with E-state index in [4.69, 9.17) is 5.73 Å². The summed E-state index contributed by atoms with van der Waals surface area (Å²) in [6, 6.07) is 5.03. The van der Waals surface area contributed by atoms with Crippen molar-refractivity contribution in [3.05, 3.63) is 23.2 Å². The Hall–Kier alpha value is -0.730. The summed E-state index contributed by atoms with van der Waals surface area (Å²) in [5.41, 5.74) is 6.43. The molecule has 1 atom stereocenters. The van der Waals surface area contributed by atoms with Gasteiger partial charge in [-0.2, -0.15) is 0 Å². The van der Waals surface area contributed by atoms with Crippen LogP contribution in [0.15, 0.2) is 23.1 Å². The normalized spacial score (nSPS) is 13.8. The molecule has 0 saturated carbocycles. The van der Waals surface area contributed by atoms with E-state index in [0.29, 0.717) is 13.0 Å². The van der Waals surface area contributed by atoms with Crippen LogP contribution in [0, 0.1) is 0 Å². The van der Waals surface area contributed by atoms with Crippen molar-refractivity contribution in [2.24, 2.45) is 5.73 Å². The van der Waals surface area contributed by atoms with Crippen molar-refractivity contribution in [1.29, 1.82) is 0 Å². The molecule has 0 fully saturated rings. The van der Waals surface area contributed by atoms with Crippen LogP contribution in [0.5, 0.6) is 0 Å². The molecule has 5 nitrogen and oxygen atoms in total. The van der Waals surface area contributed by atoms with Crippen LogP contribution in [0.4, 0.5) is 0 Å². The van der Waals surface area contributed by atoms with Gasteiger partial charge in [-0.25, -0.2) is 18.1 Å². The highest BCUT2D eigenvalue weighted by molar-refractivity contribution is 7.89. The molecule has 0 radical (unpaired) electrons. The highest BCUT2D eigenvalue weighted by atomic mass is 35.5. The first-order valence-corrected chi connectivity index (χ1v) is 9.56. The average molecular weight is 378 g/mol. The number of fused-ring (bicyclic) bond motifs is 1. The fourth-order valence-electron chi connectivity index (χ4n) is 1.90. The standard InChI is InChI=1S/C15H23N3O2S2.ClH/c1-10(16)7-8-17-22(19,20)11-5-6-12-13(9-11)21-14(18-12)15(2,3)4;/h5-6,9-10,17H,7-8,16H2,1-4H3;1H. The third-order valence-electron chi connectivity index (χ3n) is 3.20. The lowest BCUT2D eigenvalue weighted by molar-refractivity contribution is 0.572. The van der Waals surface area contributed by atoms with Gasteiger partial charge in [-0.15, -0.1) is 23.7 Å². The van der Waals surface area contributed by atoms with E-state index in [1.54, 1.807) is 18.2 Å². The molecule has 1 unspecified atom stereocenters. The Morgan fingerprint density at radius 1 is 1.35 bits per heavy atom. The van der Waals surface area contributed by atoms with E-state index < -0.39 is 10.0 Å². The molecule has 0 aliphatic heterocycles. The molecule has 130 valence electrons. The second-order valence-corrected chi connectivity index (χ2v) is 9.36. The van der Waals surface area contributed by atoms with Crippen molar-refractivity contribution in [3.8, 4) is 0 Å². The van der Waals surface area contributed by atoms with Crippen LogP contribution in [0.2, 0.25) is 0 Å². The van der Waals surface area contributed by atoms with Gasteiger partial charge in [0.25, 0.3) is 0 Å². The van der Waals surface area contributed by atoms with Crippen LogP contribution in [0.1, 0.15) is 39.1 Å². The SMILES string of the molecule is CC(N)CCNS(=O)(=O)c1ccc2nc(C(C)(C)C)sc2c1.Cl. The second kappa shape index (κ2) is 7.44. The Labute approximate surface area is 148 Å². The van der Waals surface area contributed by atoms with E-state index in [1.807, 2.05) is 6.92 Å². The van der Waals surface area contributed by atoms with Gasteiger partial charge in [0.1, 0.15) is 0 Å². The first-order valence-electron chi connectivity index (χ1n) is 7.26. The van der Waals surface area contributed by atoms with Crippen LogP contribution in [-0.4, -0.2) is 26.0 Å². The highest BCUT2D eigenvalue weighted by Gasteiger charge is 2.20. The smallest absolute Gasteiger partial charge is 0.240 e. The summed E-state index contributed by atoms with van der Waals surface area (Å²) < 4.78 is 28.1. The fraction of sp³-hybridized carbons (Fsp3) is 0.533. The summed E-state index contributed by atoms with van der Waals surface area (Å²) >= 11 is 1.54. The quantitative estimate of drug-likeness (QED) is 0.838. The zero-order chi connectivity index (χ0) is 16.5. The molecule has 2 aromatic rings. The predicted octanol–water partition coefficient (Wildman–Crippen LogP) is 3.03. The van der Waals surface area contributed by atoms with Gasteiger partial charge in [0.05, 0.1) is 20.1 Å². The number of sulfonamides is 1. The highest BCUT2D eigenvalue weighted by Crippen LogP contribution is 2.32. The molecule has 23 heavy (non-hydrogen) atoms. The molecule has 0 spiro atoms. The topological polar surface area (TPSA) is 85.1 Å². The molecule has 0 amide bonds. The molecule has 0 saturated heterocycles. The summed E-state index contributed by atoms with van der Waals surface area (Å²) in [4.78, 5) is 4.85. The van der Waals surface area contributed by atoms with E-state index in [-0.39, 0.29) is 28.8 Å². The minimum atomic E-state index is -3.50. The van der Waals surface area contributed by atoms with Crippen molar-refractivity contribution in [1.82, 2.24) is 9.71 Å². The summed E-state index contributed by atoms with van der Waals surface area (Å²) in [5, 5.41) is 1.00. The van der Waals surface area contributed by atoms with Crippen molar-refractivity contribution >= 4 is 44.0 Å². The Morgan fingerprint density at radius 2 is 2.00 bits per heavy atom. The summed E-state index contributed by atoms with van der Waals surface area (Å²) in [7, 11) is -3.50. The molecular formula is C15H24ClN3O2S2. The molecule has 1 aromatic carbocycles. The Morgan fingerprint density at radius 3 is 2.57 bits per heavy atom. The molecule has 1 heterocycles. The second-order valence-electron chi connectivity index (χ2n) is 6.56. The maximum Gasteiger partial charge on any atom is 0.240 e. The number of hydrogen-bond donors (Lipinski definition) is 2. The van der Waals surface area contributed by atoms with Crippen LogP contribution < -0.4 is 10.5 Å². The molecule has 0 aliphatic rings. The molecule has 0 bridgehead atoms. The lowest BCUT2D eigenvalue weighted by Crippen LogP contribution is -2.29. The van der Waals surface area contributed by atoms with Gasteiger partial charge in [0.15, 0.2) is 0 Å². The lowest BCUT2D eigenvalue weighted by Gasteiger charge is -2.13. The van der Waals surface area contributed by atoms with Gasteiger partial charge in [-0.1, -0.05) is 20.8 Å². The van der Waals surface area contributed by atoms with E-state index in [1.165, 1.54) is 11.3 Å². The van der Waals surface area contributed by atoms with E-state index >= 15 is 0 Å². The third kappa shape index (κ3) is 5.12. The number of halogens is 1. The van der Waals surface area contributed by atoms with Crippen LogP contribution >= 0.6 is 23.7 Å². The van der Waals surface area contributed by atoms with Gasteiger partial charge in [0.2, 0.25) is 10.0 Å². The predicted molar refractivity (Wildman–Crippen MR) is 99.0 cm³/mol. The van der Waals surface area contributed by atoms with Gasteiger partial charge < -0.3 is 5.73 Å². The first kappa shape index (κ1) is 20.3. The number of hydrogen-bond acceptors (Lipinski definition) is 5. The number of thiazole rings is 1. The maximum atomic E-state index is 12.3. The van der Waals surface area contributed by atoms with Gasteiger partial charge in [-0.05, 0) is 31.5 Å². The lowest BCUT2D eigenvalue weighted by atomic mass is 9.98. The molecule has 1 aromatic heterocycles. The van der Waals surface area contributed by atoms with Crippen molar-refractivity contribution in [2.45, 2.75) is 50.5 Å². The largest absolute Gasteiger partial charge is 0.328 e. The summed E-state index contributed by atoms with van der Waals surface area (Å²) in [6.07, 6.45) is 0.607. The number of benzene rings is 1. The zero-order valence-corrected chi connectivity index (χ0v) is 16.2. The minimum Gasteiger partial charge on any atom is -0.328 e. The van der Waals surface area contributed by atoms with Crippen molar-refractivity contribution in [3.63, 3.8) is 0 Å².